The Morgan fingerprint density at radius 1 is 0.897 bits per heavy atom. The number of aliphatic hydroxyl groups is 11. The fourth-order valence-electron chi connectivity index (χ4n) is 10.6. The summed E-state index contributed by atoms with van der Waals surface area (Å²) in [5.74, 6) is -2.48. The first-order valence-electron chi connectivity index (χ1n) is 19.6. The predicted molar refractivity (Wildman–Crippen MR) is 202 cm³/mol. The van der Waals surface area contributed by atoms with Gasteiger partial charge in [-0.15, -0.1) is 0 Å². The van der Waals surface area contributed by atoms with Crippen LogP contribution in [0.25, 0.3) is 6.08 Å². The van der Waals surface area contributed by atoms with Gasteiger partial charge in [0, 0.05) is 17.9 Å². The number of rotatable bonds is 10. The maximum absolute atomic E-state index is 14.8. The lowest BCUT2D eigenvalue weighted by molar-refractivity contribution is -0.358. The van der Waals surface area contributed by atoms with Crippen LogP contribution in [0.4, 0.5) is 0 Å². The van der Waals surface area contributed by atoms with E-state index in [-0.39, 0.29) is 30.1 Å². The van der Waals surface area contributed by atoms with Crippen LogP contribution in [-0.4, -0.2) is 165 Å². The number of carbonyl (C=O) groups excluding carboxylic acids is 1. The number of hydrogen-bond donors (Lipinski definition) is 12. The third-order valence-electron chi connectivity index (χ3n) is 14.1. The van der Waals surface area contributed by atoms with Gasteiger partial charge in [0.15, 0.2) is 23.9 Å². The molecular formula is C41H60O17. The average molecular weight is 825 g/mol. The van der Waals surface area contributed by atoms with Crippen LogP contribution in [0, 0.1) is 29.6 Å². The first-order chi connectivity index (χ1) is 26.8. The quantitative estimate of drug-likeness (QED) is 0.118. The van der Waals surface area contributed by atoms with Crippen molar-refractivity contribution >= 4 is 11.9 Å². The summed E-state index contributed by atoms with van der Waals surface area (Å²) in [4.78, 5) is 14.8. The molecule has 2 saturated carbocycles. The number of aromatic hydroxyl groups is 1. The molecule has 3 aliphatic carbocycles. The molecule has 18 atom stereocenters. The van der Waals surface area contributed by atoms with Gasteiger partial charge in [-0.25, -0.2) is 0 Å². The highest BCUT2D eigenvalue weighted by Crippen LogP contribution is 2.71. The van der Waals surface area contributed by atoms with E-state index in [9.17, 15) is 66.1 Å². The molecule has 58 heavy (non-hydrogen) atoms. The monoisotopic (exact) mass is 824 g/mol. The van der Waals surface area contributed by atoms with E-state index in [4.69, 9.17) is 18.9 Å². The Labute approximate surface area is 336 Å². The van der Waals surface area contributed by atoms with Crippen LogP contribution < -0.4 is 4.74 Å². The summed E-state index contributed by atoms with van der Waals surface area (Å²) in [6.07, 6.45) is -13.6. The van der Waals surface area contributed by atoms with Crippen molar-refractivity contribution in [3.63, 3.8) is 0 Å². The van der Waals surface area contributed by atoms with E-state index in [1.54, 1.807) is 19.9 Å². The van der Waals surface area contributed by atoms with E-state index in [1.807, 2.05) is 19.9 Å². The van der Waals surface area contributed by atoms with Crippen molar-refractivity contribution in [1.29, 1.82) is 0 Å². The van der Waals surface area contributed by atoms with Crippen LogP contribution in [0.2, 0.25) is 0 Å². The Balaban J connectivity index is 1.37. The number of fused-ring (bicyclic) bond motifs is 5. The van der Waals surface area contributed by atoms with Crippen LogP contribution in [0.1, 0.15) is 71.1 Å². The van der Waals surface area contributed by atoms with Gasteiger partial charge in [-0.2, -0.15) is 0 Å². The highest BCUT2D eigenvalue weighted by Gasteiger charge is 2.73. The van der Waals surface area contributed by atoms with Gasteiger partial charge >= 0.3 is 0 Å². The second-order valence-corrected chi connectivity index (χ2v) is 18.3. The minimum atomic E-state index is -1.93. The van der Waals surface area contributed by atoms with Gasteiger partial charge in [0.25, 0.3) is 0 Å². The van der Waals surface area contributed by atoms with E-state index in [0.717, 1.165) is 0 Å². The molecule has 12 N–H and O–H groups in total. The number of phenolic OH excluding ortho intramolecular Hbond substituents is 1. The zero-order valence-corrected chi connectivity index (χ0v) is 33.7. The molecule has 6 rings (SSSR count). The Bertz CT molecular complexity index is 1770. The van der Waals surface area contributed by atoms with Gasteiger partial charge in [0.1, 0.15) is 54.6 Å². The summed E-state index contributed by atoms with van der Waals surface area (Å²) >= 11 is 0. The van der Waals surface area contributed by atoms with Crippen molar-refractivity contribution in [3.8, 4) is 11.5 Å². The number of allylic oxidation sites excluding steroid dienone is 1. The lowest BCUT2D eigenvalue weighted by Crippen LogP contribution is -2.65. The SMILES string of the molecule is Cc1c(O)c(O[C@@H]2O[C@H](CO)[C@@H](O)[C@H](O)[C@H]2O[C@@H]2O[C@H](CO)[C@@H](O)[C@H](O)[C@H]2O)cc2c1C=C[C@@H]1[C@@]2(C)C(=O)C[C@]2(C)[C@@H]([C@@](C)(O)C(O)/C=C/C(C)(C)O)[C@H](O)C[C@@]12C. The van der Waals surface area contributed by atoms with Gasteiger partial charge in [0.2, 0.25) is 6.29 Å². The summed E-state index contributed by atoms with van der Waals surface area (Å²) in [5, 5.41) is 130. The first-order valence-corrected chi connectivity index (χ1v) is 19.6. The smallest absolute Gasteiger partial charge is 0.229 e. The maximum Gasteiger partial charge on any atom is 0.229 e. The Morgan fingerprint density at radius 2 is 1.48 bits per heavy atom. The molecule has 17 nitrogen and oxygen atoms in total. The molecule has 1 unspecified atom stereocenters. The summed E-state index contributed by atoms with van der Waals surface area (Å²) in [6.45, 7) is 10.0. The maximum atomic E-state index is 14.8. The van der Waals surface area contributed by atoms with E-state index in [1.165, 1.54) is 39.0 Å². The van der Waals surface area contributed by atoms with E-state index in [0.29, 0.717) is 16.7 Å². The Morgan fingerprint density at radius 3 is 2.07 bits per heavy atom. The molecule has 0 aromatic heterocycles. The number of aliphatic hydroxyl groups excluding tert-OH is 9. The number of Topliss-reactive ketones (excluding diaryl/α,β-unsaturated/α-hetero) is 1. The molecule has 0 bridgehead atoms. The molecule has 0 radical (unpaired) electrons. The van der Waals surface area contributed by atoms with Crippen molar-refractivity contribution in [3.05, 3.63) is 41.0 Å². The average Bonchev–Trinajstić information content (AvgIpc) is 3.36. The second-order valence-electron chi connectivity index (χ2n) is 18.3. The largest absolute Gasteiger partial charge is 0.504 e. The van der Waals surface area contributed by atoms with Gasteiger partial charge < -0.3 is 80.2 Å². The summed E-state index contributed by atoms with van der Waals surface area (Å²) in [6, 6.07) is 1.45. The highest BCUT2D eigenvalue weighted by atomic mass is 16.8. The number of phenols is 1. The topological polar surface area (TPSA) is 297 Å². The number of ether oxygens (including phenoxy) is 4. The molecule has 5 aliphatic rings. The number of hydrogen-bond acceptors (Lipinski definition) is 17. The van der Waals surface area contributed by atoms with Gasteiger partial charge in [-0.05, 0) is 75.0 Å². The molecule has 0 spiro atoms. The van der Waals surface area contributed by atoms with Crippen LogP contribution >= 0.6 is 0 Å². The fourth-order valence-corrected chi connectivity index (χ4v) is 10.6. The van der Waals surface area contributed by atoms with Crippen molar-refractivity contribution < 1.29 is 85.0 Å². The summed E-state index contributed by atoms with van der Waals surface area (Å²) in [5.41, 5.74) is -5.20. The lowest BCUT2D eigenvalue weighted by atomic mass is 9.42. The molecule has 17 heteroatoms. The molecule has 4 fully saturated rings. The molecule has 326 valence electrons. The van der Waals surface area contributed by atoms with Crippen molar-refractivity contribution in [2.45, 2.75) is 152 Å². The molecule has 2 heterocycles. The lowest BCUT2D eigenvalue weighted by Gasteiger charge is -2.60. The molecule has 0 amide bonds. The minimum Gasteiger partial charge on any atom is -0.504 e. The van der Waals surface area contributed by atoms with Crippen LogP contribution in [0.15, 0.2) is 24.3 Å². The third-order valence-corrected chi connectivity index (χ3v) is 14.1. The highest BCUT2D eigenvalue weighted by molar-refractivity contribution is 5.95. The van der Waals surface area contributed by atoms with Crippen molar-refractivity contribution in [1.82, 2.24) is 0 Å². The van der Waals surface area contributed by atoms with Crippen molar-refractivity contribution in [2.24, 2.45) is 22.7 Å². The van der Waals surface area contributed by atoms with Gasteiger partial charge in [-0.3, -0.25) is 4.79 Å². The summed E-state index contributed by atoms with van der Waals surface area (Å²) in [7, 11) is 0. The summed E-state index contributed by atoms with van der Waals surface area (Å²) < 4.78 is 23.3. The number of benzene rings is 1. The van der Waals surface area contributed by atoms with E-state index >= 15 is 0 Å². The zero-order chi connectivity index (χ0) is 43.2. The van der Waals surface area contributed by atoms with Crippen LogP contribution in [0.3, 0.4) is 0 Å². The fraction of sp³-hybridized carbons (Fsp3) is 0.732. The van der Waals surface area contributed by atoms with Crippen LogP contribution in [0.5, 0.6) is 11.5 Å². The zero-order valence-electron chi connectivity index (χ0n) is 33.7. The molecular weight excluding hydrogens is 764 g/mol. The van der Waals surface area contributed by atoms with Crippen molar-refractivity contribution in [2.75, 3.05) is 13.2 Å². The van der Waals surface area contributed by atoms with E-state index in [2.05, 4.69) is 0 Å². The van der Waals surface area contributed by atoms with Gasteiger partial charge in [-0.1, -0.05) is 38.2 Å². The molecule has 1 aromatic rings. The van der Waals surface area contributed by atoms with Crippen LogP contribution in [-0.2, 0) is 24.4 Å². The minimum absolute atomic E-state index is 0.122. The van der Waals surface area contributed by atoms with E-state index < -0.39 is 126 Å². The third kappa shape index (κ3) is 6.94. The Hall–Kier alpha value is -2.59. The molecule has 1 aromatic carbocycles. The standard InChI is InChI=1S/C41H60O17/c1-17-18-8-9-24-38(4)13-20(44)34(41(7,54)25(45)10-11-37(2,3)53)39(38,5)14-26(46)40(24,6)19(18)12-21(27(17)47)55-36-33(31(51)29(49)23(16-43)57-36)58-35-32(52)30(50)28(48)22(15-42)56-35/h8-12,20,22-25,28-36,42-45,47-54H,13-16H2,1-7H3/b11-10+/t20-,22-,23-,24+,25?,28-,29-,30+,31+,32-,33-,34+,35+,36-,38+,39-,40+,41+/m1/s1. The number of carbonyl (C=O) groups is 1. The molecule has 2 saturated heterocycles. The van der Waals surface area contributed by atoms with Gasteiger partial charge in [0.05, 0.1) is 35.9 Å². The number of ketones is 1. The normalized spacial score (nSPS) is 44.4. The Kier molecular flexibility index (Phi) is 11.9. The first kappa shape index (κ1) is 44.9. The second kappa shape index (κ2) is 15.4. The molecule has 2 aliphatic heterocycles. The predicted octanol–water partition coefficient (Wildman–Crippen LogP) is -1.59.